The van der Waals surface area contributed by atoms with Crippen molar-refractivity contribution in [3.8, 4) is 0 Å². The summed E-state index contributed by atoms with van der Waals surface area (Å²) >= 11 is 3.39. The molecule has 94 valence electrons. The van der Waals surface area contributed by atoms with Gasteiger partial charge in [0.2, 0.25) is 0 Å². The summed E-state index contributed by atoms with van der Waals surface area (Å²) in [6.45, 7) is 0. The predicted molar refractivity (Wildman–Crippen MR) is 76.2 cm³/mol. The maximum atomic E-state index is 6.03. The minimum Gasteiger partial charge on any atom is -0.396 e. The van der Waals surface area contributed by atoms with Gasteiger partial charge in [0, 0.05) is 23.8 Å². The normalized spacial score (nSPS) is 17.8. The van der Waals surface area contributed by atoms with Crippen LogP contribution in [0.25, 0.3) is 0 Å². The highest BCUT2D eigenvalue weighted by molar-refractivity contribution is 9.10. The number of nitrogens with zero attached hydrogens (tertiary/aromatic N) is 2. The third-order valence-corrected chi connectivity index (χ3v) is 4.00. The van der Waals surface area contributed by atoms with E-state index in [-0.39, 0.29) is 0 Å². The first-order chi connectivity index (χ1) is 8.18. The zero-order valence-corrected chi connectivity index (χ0v) is 11.9. The van der Waals surface area contributed by atoms with Crippen molar-refractivity contribution < 1.29 is 0 Å². The van der Waals surface area contributed by atoms with Crippen molar-refractivity contribution in [2.24, 2.45) is 0 Å². The molecule has 1 aliphatic rings. The number of hydrogen-bond donors (Lipinski definition) is 1. The summed E-state index contributed by atoms with van der Waals surface area (Å²) in [5.41, 5.74) is 6.79. The molecule has 1 fully saturated rings. The Morgan fingerprint density at radius 1 is 1.29 bits per heavy atom. The van der Waals surface area contributed by atoms with Crippen LogP contribution in [-0.2, 0) is 0 Å². The second-order valence-corrected chi connectivity index (χ2v) is 5.74. The molecule has 0 radical (unpaired) electrons. The van der Waals surface area contributed by atoms with E-state index in [0.717, 1.165) is 16.0 Å². The lowest BCUT2D eigenvalue weighted by Gasteiger charge is -2.29. The number of aromatic nitrogens is 1. The van der Waals surface area contributed by atoms with E-state index in [9.17, 15) is 0 Å². The Morgan fingerprint density at radius 2 is 1.94 bits per heavy atom. The van der Waals surface area contributed by atoms with Gasteiger partial charge in [0.05, 0.1) is 5.69 Å². The Balaban J connectivity index is 2.14. The van der Waals surface area contributed by atoms with Gasteiger partial charge >= 0.3 is 0 Å². The van der Waals surface area contributed by atoms with Crippen LogP contribution >= 0.6 is 15.9 Å². The molecule has 2 rings (SSSR count). The van der Waals surface area contributed by atoms with Crippen LogP contribution in [0.5, 0.6) is 0 Å². The summed E-state index contributed by atoms with van der Waals surface area (Å²) < 4.78 is 0.938. The van der Waals surface area contributed by atoms with E-state index >= 15 is 0 Å². The molecule has 0 amide bonds. The summed E-state index contributed by atoms with van der Waals surface area (Å²) in [6, 6.07) is 2.52. The quantitative estimate of drug-likeness (QED) is 0.848. The fraction of sp³-hybridized carbons (Fsp3) is 0.615. The maximum absolute atomic E-state index is 6.03. The van der Waals surface area contributed by atoms with Crippen molar-refractivity contribution >= 4 is 27.4 Å². The first-order valence-electron chi connectivity index (χ1n) is 6.32. The second kappa shape index (κ2) is 5.71. The minimum atomic E-state index is 0.591. The second-order valence-electron chi connectivity index (χ2n) is 4.82. The number of anilines is 2. The van der Waals surface area contributed by atoms with Gasteiger partial charge in [-0.25, -0.2) is 4.98 Å². The zero-order chi connectivity index (χ0) is 12.3. The lowest BCUT2D eigenvalue weighted by atomic mass is 10.1. The number of hydrogen-bond acceptors (Lipinski definition) is 3. The molecule has 3 nitrogen and oxygen atoms in total. The van der Waals surface area contributed by atoms with Crippen molar-refractivity contribution in [1.82, 2.24) is 4.98 Å². The van der Waals surface area contributed by atoms with Crippen molar-refractivity contribution in [2.75, 3.05) is 17.7 Å². The van der Waals surface area contributed by atoms with Gasteiger partial charge in [-0.3, -0.25) is 0 Å². The van der Waals surface area contributed by atoms with Gasteiger partial charge in [-0.05, 0) is 34.8 Å². The molecule has 0 unspecified atom stereocenters. The Bertz CT molecular complexity index is 373. The van der Waals surface area contributed by atoms with Crippen molar-refractivity contribution in [3.05, 3.63) is 16.7 Å². The third-order valence-electron chi connectivity index (χ3n) is 3.57. The molecule has 4 heteroatoms. The molecule has 1 heterocycles. The largest absolute Gasteiger partial charge is 0.396 e. The van der Waals surface area contributed by atoms with Crippen LogP contribution < -0.4 is 10.6 Å². The van der Waals surface area contributed by atoms with Crippen molar-refractivity contribution in [3.63, 3.8) is 0 Å². The molecule has 0 atom stereocenters. The van der Waals surface area contributed by atoms with Crippen LogP contribution in [0.3, 0.4) is 0 Å². The molecular formula is C13H20BrN3. The average Bonchev–Trinajstić information content (AvgIpc) is 2.56. The number of rotatable bonds is 2. The number of halogens is 1. The third kappa shape index (κ3) is 3.12. The van der Waals surface area contributed by atoms with Gasteiger partial charge in [0.15, 0.2) is 5.82 Å². The van der Waals surface area contributed by atoms with Gasteiger partial charge in [0.25, 0.3) is 0 Å². The van der Waals surface area contributed by atoms with E-state index < -0.39 is 0 Å². The van der Waals surface area contributed by atoms with Crippen LogP contribution in [0.1, 0.15) is 38.5 Å². The van der Waals surface area contributed by atoms with Gasteiger partial charge in [-0.15, -0.1) is 0 Å². The summed E-state index contributed by atoms with van der Waals surface area (Å²) in [5.74, 6) is 0.917. The Hall–Kier alpha value is -0.770. The van der Waals surface area contributed by atoms with Gasteiger partial charge in [-0.2, -0.15) is 0 Å². The lowest BCUT2D eigenvalue weighted by molar-refractivity contribution is 0.549. The van der Waals surface area contributed by atoms with E-state index in [0.29, 0.717) is 6.04 Å². The molecule has 0 bridgehead atoms. The molecule has 1 aromatic rings. The highest BCUT2D eigenvalue weighted by Gasteiger charge is 2.19. The Kier molecular flexibility index (Phi) is 4.26. The monoisotopic (exact) mass is 297 g/mol. The molecule has 0 spiro atoms. The van der Waals surface area contributed by atoms with E-state index in [4.69, 9.17) is 5.73 Å². The van der Waals surface area contributed by atoms with E-state index in [1.807, 2.05) is 12.3 Å². The van der Waals surface area contributed by atoms with Crippen LogP contribution in [0.2, 0.25) is 0 Å². The molecule has 0 saturated heterocycles. The molecular weight excluding hydrogens is 278 g/mol. The number of nitrogen functional groups attached to an aromatic ring is 1. The number of pyridine rings is 1. The minimum absolute atomic E-state index is 0.591. The molecule has 0 aromatic carbocycles. The summed E-state index contributed by atoms with van der Waals surface area (Å²) in [5, 5.41) is 0. The van der Waals surface area contributed by atoms with E-state index in [2.05, 4.69) is 32.9 Å². The number of nitrogens with two attached hydrogens (primary N) is 1. The fourth-order valence-corrected chi connectivity index (χ4v) is 2.91. The average molecular weight is 298 g/mol. The first-order valence-corrected chi connectivity index (χ1v) is 7.11. The maximum Gasteiger partial charge on any atom is 0.151 e. The van der Waals surface area contributed by atoms with Crippen LogP contribution in [0.4, 0.5) is 11.5 Å². The molecule has 1 aromatic heterocycles. The van der Waals surface area contributed by atoms with Crippen LogP contribution in [0.15, 0.2) is 16.7 Å². The van der Waals surface area contributed by atoms with Crippen molar-refractivity contribution in [1.29, 1.82) is 0 Å². The van der Waals surface area contributed by atoms with Crippen molar-refractivity contribution in [2.45, 2.75) is 44.6 Å². The lowest BCUT2D eigenvalue weighted by Crippen LogP contribution is -2.32. The first kappa shape index (κ1) is 12.7. The smallest absolute Gasteiger partial charge is 0.151 e. The topological polar surface area (TPSA) is 42.2 Å². The molecule has 1 aliphatic carbocycles. The SMILES string of the molecule is CN(c1ncc(Br)cc1N)C1CCCCCC1. The summed E-state index contributed by atoms with van der Waals surface area (Å²) in [4.78, 5) is 6.69. The standard InChI is InChI=1S/C13H20BrN3/c1-17(11-6-4-2-3-5-7-11)13-12(15)8-10(14)9-16-13/h8-9,11H,2-7,15H2,1H3. The zero-order valence-electron chi connectivity index (χ0n) is 10.3. The van der Waals surface area contributed by atoms with E-state index in [1.165, 1.54) is 38.5 Å². The summed E-state index contributed by atoms with van der Waals surface area (Å²) in [6.07, 6.45) is 9.72. The predicted octanol–water partition coefficient (Wildman–Crippen LogP) is 3.59. The fourth-order valence-electron chi connectivity index (χ4n) is 2.56. The van der Waals surface area contributed by atoms with Gasteiger partial charge in [-0.1, -0.05) is 25.7 Å². The van der Waals surface area contributed by atoms with Gasteiger partial charge < -0.3 is 10.6 Å². The Labute approximate surface area is 112 Å². The molecule has 17 heavy (non-hydrogen) atoms. The highest BCUT2D eigenvalue weighted by Crippen LogP contribution is 2.28. The van der Waals surface area contributed by atoms with Gasteiger partial charge in [0.1, 0.15) is 0 Å². The van der Waals surface area contributed by atoms with E-state index in [1.54, 1.807) is 0 Å². The van der Waals surface area contributed by atoms with Crippen LogP contribution in [0, 0.1) is 0 Å². The molecule has 1 saturated carbocycles. The molecule has 2 N–H and O–H groups in total. The molecule has 0 aliphatic heterocycles. The highest BCUT2D eigenvalue weighted by atomic mass is 79.9. The van der Waals surface area contributed by atoms with Crippen LogP contribution in [-0.4, -0.2) is 18.1 Å². The Morgan fingerprint density at radius 3 is 2.53 bits per heavy atom. The summed E-state index contributed by atoms with van der Waals surface area (Å²) in [7, 11) is 2.11.